The van der Waals surface area contributed by atoms with E-state index in [1.807, 2.05) is 45.3 Å². The molecular weight excluding hydrogens is 214 g/mol. The molecule has 4 nitrogen and oxygen atoms in total. The van der Waals surface area contributed by atoms with Gasteiger partial charge in [-0.3, -0.25) is 4.79 Å². The molecule has 0 aliphatic carbocycles. The van der Waals surface area contributed by atoms with Gasteiger partial charge in [0, 0.05) is 18.8 Å². The van der Waals surface area contributed by atoms with Crippen LogP contribution in [0.25, 0.3) is 0 Å². The zero-order valence-electron chi connectivity index (χ0n) is 10.8. The third-order valence-corrected chi connectivity index (χ3v) is 2.36. The number of hydrogen-bond donors (Lipinski definition) is 2. The van der Waals surface area contributed by atoms with Gasteiger partial charge in [-0.05, 0) is 33.2 Å². The first kappa shape index (κ1) is 13.7. The average molecular weight is 235 g/mol. The second kappa shape index (κ2) is 7.04. The van der Waals surface area contributed by atoms with Gasteiger partial charge in [-0.2, -0.15) is 0 Å². The summed E-state index contributed by atoms with van der Waals surface area (Å²) in [6.45, 7) is 4.11. The van der Waals surface area contributed by atoms with Crippen LogP contribution >= 0.6 is 0 Å². The third-order valence-electron chi connectivity index (χ3n) is 2.36. The maximum atomic E-state index is 11.6. The maximum absolute atomic E-state index is 11.6. The van der Waals surface area contributed by atoms with Gasteiger partial charge in [-0.25, -0.2) is 0 Å². The smallest absolute Gasteiger partial charge is 0.238 e. The lowest BCUT2D eigenvalue weighted by Gasteiger charge is -2.10. The molecule has 4 heteroatoms. The van der Waals surface area contributed by atoms with Gasteiger partial charge in [0.1, 0.15) is 0 Å². The van der Waals surface area contributed by atoms with E-state index in [4.69, 9.17) is 0 Å². The number of aryl methyl sites for hydroxylation is 1. The van der Waals surface area contributed by atoms with Crippen molar-refractivity contribution in [2.75, 3.05) is 39.0 Å². The third kappa shape index (κ3) is 6.04. The molecule has 0 bridgehead atoms. The lowest BCUT2D eigenvalue weighted by Crippen LogP contribution is -2.33. The molecule has 0 atom stereocenters. The molecule has 0 aliphatic rings. The molecule has 0 spiro atoms. The second-order valence-electron chi connectivity index (χ2n) is 4.39. The van der Waals surface area contributed by atoms with Crippen LogP contribution in [0.15, 0.2) is 24.3 Å². The maximum Gasteiger partial charge on any atom is 0.238 e. The molecule has 0 radical (unpaired) electrons. The van der Waals surface area contributed by atoms with E-state index in [9.17, 15) is 4.79 Å². The topological polar surface area (TPSA) is 44.4 Å². The number of anilines is 1. The van der Waals surface area contributed by atoms with E-state index in [1.165, 1.54) is 5.56 Å². The highest BCUT2D eigenvalue weighted by molar-refractivity contribution is 5.92. The Morgan fingerprint density at radius 2 is 1.88 bits per heavy atom. The number of rotatable bonds is 6. The molecule has 0 aromatic heterocycles. The van der Waals surface area contributed by atoms with Crippen molar-refractivity contribution in [2.45, 2.75) is 6.92 Å². The molecule has 1 aromatic carbocycles. The Balaban J connectivity index is 2.23. The number of carbonyl (C=O) groups excluding carboxylic acids is 1. The van der Waals surface area contributed by atoms with E-state index in [0.29, 0.717) is 6.54 Å². The summed E-state index contributed by atoms with van der Waals surface area (Å²) in [6, 6.07) is 7.78. The van der Waals surface area contributed by atoms with Gasteiger partial charge in [0.15, 0.2) is 0 Å². The Labute approximate surface area is 103 Å². The Morgan fingerprint density at radius 1 is 1.24 bits per heavy atom. The molecule has 94 valence electrons. The van der Waals surface area contributed by atoms with Crippen LogP contribution in [-0.4, -0.2) is 44.5 Å². The lowest BCUT2D eigenvalue weighted by atomic mass is 10.2. The first-order valence-electron chi connectivity index (χ1n) is 5.80. The van der Waals surface area contributed by atoms with Crippen LogP contribution in [0.2, 0.25) is 0 Å². The van der Waals surface area contributed by atoms with Gasteiger partial charge in [0.25, 0.3) is 0 Å². The van der Waals surface area contributed by atoms with Crippen LogP contribution in [0.1, 0.15) is 5.56 Å². The summed E-state index contributed by atoms with van der Waals surface area (Å²) >= 11 is 0. The first-order valence-corrected chi connectivity index (χ1v) is 5.80. The zero-order chi connectivity index (χ0) is 12.7. The fourth-order valence-corrected chi connectivity index (χ4v) is 1.35. The summed E-state index contributed by atoms with van der Waals surface area (Å²) in [4.78, 5) is 13.6. The average Bonchev–Trinajstić information content (AvgIpc) is 2.27. The monoisotopic (exact) mass is 235 g/mol. The zero-order valence-corrected chi connectivity index (χ0v) is 10.8. The van der Waals surface area contributed by atoms with Crippen molar-refractivity contribution in [1.29, 1.82) is 0 Å². The normalized spacial score (nSPS) is 10.6. The van der Waals surface area contributed by atoms with E-state index in [1.54, 1.807) is 0 Å². The molecular formula is C13H21N3O. The van der Waals surface area contributed by atoms with Gasteiger partial charge in [0.2, 0.25) is 5.91 Å². The van der Waals surface area contributed by atoms with E-state index in [-0.39, 0.29) is 5.91 Å². The van der Waals surface area contributed by atoms with E-state index >= 15 is 0 Å². The van der Waals surface area contributed by atoms with Crippen LogP contribution in [-0.2, 0) is 4.79 Å². The number of nitrogens with one attached hydrogen (secondary N) is 2. The molecule has 1 aromatic rings. The largest absolute Gasteiger partial charge is 0.325 e. The Bertz CT molecular complexity index is 346. The first-order chi connectivity index (χ1) is 8.08. The minimum Gasteiger partial charge on any atom is -0.325 e. The lowest BCUT2D eigenvalue weighted by molar-refractivity contribution is -0.115. The molecule has 17 heavy (non-hydrogen) atoms. The molecule has 0 heterocycles. The summed E-state index contributed by atoms with van der Waals surface area (Å²) in [5.41, 5.74) is 2.03. The highest BCUT2D eigenvalue weighted by Crippen LogP contribution is 2.07. The van der Waals surface area contributed by atoms with Crippen molar-refractivity contribution in [2.24, 2.45) is 0 Å². The second-order valence-corrected chi connectivity index (χ2v) is 4.39. The van der Waals surface area contributed by atoms with E-state index in [2.05, 4.69) is 15.5 Å². The minimum absolute atomic E-state index is 0.00684. The van der Waals surface area contributed by atoms with Crippen molar-refractivity contribution in [3.05, 3.63) is 29.8 Å². The predicted octanol–water partition coefficient (Wildman–Crippen LogP) is 1.08. The quantitative estimate of drug-likeness (QED) is 0.725. The van der Waals surface area contributed by atoms with Gasteiger partial charge < -0.3 is 15.5 Å². The van der Waals surface area contributed by atoms with Crippen molar-refractivity contribution < 1.29 is 4.79 Å². The van der Waals surface area contributed by atoms with Gasteiger partial charge in [-0.1, -0.05) is 17.7 Å². The van der Waals surface area contributed by atoms with Crippen LogP contribution in [0.5, 0.6) is 0 Å². The van der Waals surface area contributed by atoms with Gasteiger partial charge >= 0.3 is 0 Å². The molecule has 0 saturated carbocycles. The molecule has 0 aliphatic heterocycles. The summed E-state index contributed by atoms with van der Waals surface area (Å²) in [5.74, 6) is -0.00684. The Kier molecular flexibility index (Phi) is 5.66. The molecule has 1 rings (SSSR count). The molecule has 2 N–H and O–H groups in total. The number of carbonyl (C=O) groups is 1. The van der Waals surface area contributed by atoms with Crippen LogP contribution in [0.4, 0.5) is 5.69 Å². The van der Waals surface area contributed by atoms with Crippen LogP contribution < -0.4 is 10.6 Å². The van der Waals surface area contributed by atoms with Gasteiger partial charge in [0.05, 0.1) is 6.54 Å². The predicted molar refractivity (Wildman–Crippen MR) is 71.2 cm³/mol. The standard InChI is InChI=1S/C13H21N3O/c1-11-4-6-12(7-5-11)15-13(17)10-14-8-9-16(2)3/h4-7,14H,8-10H2,1-3H3,(H,15,17). The number of nitrogens with zero attached hydrogens (tertiary/aromatic N) is 1. The van der Waals surface area contributed by atoms with Crippen molar-refractivity contribution in [1.82, 2.24) is 10.2 Å². The summed E-state index contributed by atoms with van der Waals surface area (Å²) in [6.07, 6.45) is 0. The van der Waals surface area contributed by atoms with Crippen LogP contribution in [0.3, 0.4) is 0 Å². The van der Waals surface area contributed by atoms with Gasteiger partial charge in [-0.15, -0.1) is 0 Å². The molecule has 0 unspecified atom stereocenters. The molecule has 0 saturated heterocycles. The van der Waals surface area contributed by atoms with Crippen molar-refractivity contribution in [3.63, 3.8) is 0 Å². The fourth-order valence-electron chi connectivity index (χ4n) is 1.35. The number of benzene rings is 1. The SMILES string of the molecule is Cc1ccc(NC(=O)CNCCN(C)C)cc1. The highest BCUT2D eigenvalue weighted by atomic mass is 16.1. The van der Waals surface area contributed by atoms with E-state index < -0.39 is 0 Å². The highest BCUT2D eigenvalue weighted by Gasteiger charge is 2.01. The Hall–Kier alpha value is -1.39. The van der Waals surface area contributed by atoms with Crippen LogP contribution in [0, 0.1) is 6.92 Å². The summed E-state index contributed by atoms with van der Waals surface area (Å²) in [5, 5.41) is 5.94. The molecule has 0 fully saturated rings. The Morgan fingerprint density at radius 3 is 2.47 bits per heavy atom. The fraction of sp³-hybridized carbons (Fsp3) is 0.462. The summed E-state index contributed by atoms with van der Waals surface area (Å²) < 4.78 is 0. The molecule has 1 amide bonds. The number of amides is 1. The van der Waals surface area contributed by atoms with Crippen molar-refractivity contribution in [3.8, 4) is 0 Å². The minimum atomic E-state index is -0.00684. The number of hydrogen-bond acceptors (Lipinski definition) is 3. The number of likely N-dealkylation sites (N-methyl/N-ethyl adjacent to an activating group) is 1. The van der Waals surface area contributed by atoms with Crippen molar-refractivity contribution >= 4 is 11.6 Å². The summed E-state index contributed by atoms with van der Waals surface area (Å²) in [7, 11) is 4.02. The van der Waals surface area contributed by atoms with E-state index in [0.717, 1.165) is 18.8 Å².